The minimum Gasteiger partial charge on any atom is -0.496 e. The van der Waals surface area contributed by atoms with Gasteiger partial charge in [-0.05, 0) is 31.8 Å². The number of rotatable bonds is 7. The second kappa shape index (κ2) is 8.05. The van der Waals surface area contributed by atoms with Gasteiger partial charge in [-0.3, -0.25) is 9.69 Å². The molecule has 7 nitrogen and oxygen atoms in total. The van der Waals surface area contributed by atoms with Crippen molar-refractivity contribution >= 4 is 21.4 Å². The van der Waals surface area contributed by atoms with Gasteiger partial charge in [0.05, 0.1) is 35.7 Å². The van der Waals surface area contributed by atoms with Crippen LogP contribution in [0.25, 0.3) is 0 Å². The maximum atomic E-state index is 13.4. The molecule has 25 heavy (non-hydrogen) atoms. The first-order chi connectivity index (χ1) is 18.4. The SMILES string of the molecule is [2H]c1c(N)c(S(=O)(=O)C([2H])([2H])C([2H])([2H])[2H])c([2H])c(C(=O)NCC2([2H])N(CC)C([2H])([2H])C([2H])([2H])C2([2H])[2H])c1OC([2H])([2H])[2H]. The summed E-state index contributed by atoms with van der Waals surface area (Å²) in [6, 6.07) is -5.87. The topological polar surface area (TPSA) is 102 Å². The standard InChI is InChI=1S/C17H27N3O4S/c1-4-20-8-6-7-12(20)11-19-17(21)13-9-16(25(22,23)5-2)14(18)10-15(13)24-3/h9-10,12H,4-8,11,18H2,1-3H3,(H,19,21)/i2D3,3D3,5D2,6D2,7D2,8D2,9D,10D,12D. The van der Waals surface area contributed by atoms with E-state index in [1.54, 1.807) is 0 Å². The van der Waals surface area contributed by atoms with Gasteiger partial charge >= 0.3 is 0 Å². The number of carbonyl (C=O) groups excluding carboxylic acids is 1. The minimum atomic E-state index is -5.84. The van der Waals surface area contributed by atoms with E-state index in [1.165, 1.54) is 6.92 Å². The summed E-state index contributed by atoms with van der Waals surface area (Å²) in [5.41, 5.74) is -1.24. The zero-order chi connectivity index (χ0) is 33.4. The summed E-state index contributed by atoms with van der Waals surface area (Å²) in [7, 11) is -9.30. The minimum absolute atomic E-state index is 0.451. The third-order valence-electron chi connectivity index (χ3n) is 3.15. The van der Waals surface area contributed by atoms with Gasteiger partial charge in [0.1, 0.15) is 5.75 Å². The van der Waals surface area contributed by atoms with E-state index in [1.807, 2.05) is 5.32 Å². The van der Waals surface area contributed by atoms with Crippen LogP contribution in [0, 0.1) is 0 Å². The average molecular weight is 387 g/mol. The molecule has 0 saturated carbocycles. The Morgan fingerprint density at radius 1 is 1.68 bits per heavy atom. The van der Waals surface area contributed by atoms with Crippen molar-refractivity contribution in [3.8, 4) is 5.75 Å². The number of ether oxygens (including phenoxy) is 1. The molecule has 0 spiro atoms. The molecule has 1 aromatic rings. The second-order valence-corrected chi connectivity index (χ2v) is 6.26. The lowest BCUT2D eigenvalue weighted by Gasteiger charge is -2.23. The highest BCUT2D eigenvalue weighted by Gasteiger charge is 2.25. The number of hydrogen-bond donors (Lipinski definition) is 2. The Labute approximate surface area is 173 Å². The zero-order valence-electron chi connectivity index (χ0n) is 30.0. The monoisotopic (exact) mass is 386 g/mol. The maximum absolute atomic E-state index is 13.4. The molecule has 1 unspecified atom stereocenters. The van der Waals surface area contributed by atoms with Crippen LogP contribution in [0.15, 0.2) is 17.0 Å². The third-order valence-corrected chi connectivity index (χ3v) is 4.27. The molecule has 1 amide bonds. The summed E-state index contributed by atoms with van der Waals surface area (Å²) < 4.78 is 164. The summed E-state index contributed by atoms with van der Waals surface area (Å²) in [4.78, 5) is 12.1. The first-order valence-electron chi connectivity index (χ1n) is 15.3. The van der Waals surface area contributed by atoms with Gasteiger partial charge in [0.15, 0.2) is 9.84 Å². The van der Waals surface area contributed by atoms with Crippen molar-refractivity contribution in [1.82, 2.24) is 10.2 Å². The van der Waals surface area contributed by atoms with E-state index in [4.69, 9.17) is 29.0 Å². The predicted octanol–water partition coefficient (Wildman–Crippen LogP) is 1.29. The van der Waals surface area contributed by atoms with Crippen LogP contribution in [0.3, 0.4) is 0 Å². The maximum Gasteiger partial charge on any atom is 0.255 e. The van der Waals surface area contributed by atoms with Gasteiger partial charge < -0.3 is 15.8 Å². The van der Waals surface area contributed by atoms with Crippen LogP contribution in [0.5, 0.6) is 5.75 Å². The molecule has 1 saturated heterocycles. The van der Waals surface area contributed by atoms with Crippen LogP contribution in [0.2, 0.25) is 0 Å². The van der Waals surface area contributed by atoms with Crippen molar-refractivity contribution in [3.05, 3.63) is 17.6 Å². The number of amides is 1. The molecule has 0 bridgehead atoms. The fourth-order valence-electron chi connectivity index (χ4n) is 1.94. The number of hydrogen-bond acceptors (Lipinski definition) is 6. The van der Waals surface area contributed by atoms with Crippen molar-refractivity contribution in [2.75, 3.05) is 38.1 Å². The number of anilines is 1. The van der Waals surface area contributed by atoms with E-state index >= 15 is 0 Å². The molecule has 1 aromatic carbocycles. The molecule has 140 valence electrons. The van der Waals surface area contributed by atoms with Gasteiger partial charge in [-0.15, -0.1) is 0 Å². The second-order valence-electron chi connectivity index (χ2n) is 4.64. The highest BCUT2D eigenvalue weighted by Crippen LogP contribution is 2.29. The molecular formula is C17H27N3O4S. The molecule has 1 fully saturated rings. The van der Waals surface area contributed by atoms with Gasteiger partial charge in [0.25, 0.3) is 5.91 Å². The highest BCUT2D eigenvalue weighted by atomic mass is 32.2. The van der Waals surface area contributed by atoms with Gasteiger partial charge in [-0.2, -0.15) is 0 Å². The molecule has 0 aliphatic carbocycles. The number of nitrogens with two attached hydrogens (primary N) is 1. The van der Waals surface area contributed by atoms with E-state index in [9.17, 15) is 13.2 Å². The molecule has 1 aliphatic heterocycles. The summed E-state index contributed by atoms with van der Waals surface area (Å²) in [5, 5.41) is 1.89. The molecule has 2 rings (SSSR count). The van der Waals surface area contributed by atoms with E-state index < -0.39 is 108 Å². The van der Waals surface area contributed by atoms with Crippen molar-refractivity contribution in [2.24, 2.45) is 0 Å². The van der Waals surface area contributed by atoms with Crippen LogP contribution in [0.4, 0.5) is 5.69 Å². The molecular weight excluding hydrogens is 342 g/mol. The van der Waals surface area contributed by atoms with E-state index in [-0.39, 0.29) is 0 Å². The molecule has 0 aromatic heterocycles. The summed E-state index contributed by atoms with van der Waals surface area (Å²) in [5.74, 6) is -3.04. The molecule has 0 radical (unpaired) electrons. The van der Waals surface area contributed by atoms with Gasteiger partial charge in [-0.1, -0.05) is 13.8 Å². The number of nitrogens with one attached hydrogen (secondary N) is 1. The fraction of sp³-hybridized carbons (Fsp3) is 0.588. The number of likely N-dealkylation sites (tertiary alicyclic amines) is 1. The molecule has 1 heterocycles. The quantitative estimate of drug-likeness (QED) is 0.685. The number of carbonyl (C=O) groups is 1. The number of likely N-dealkylation sites (N-methyl/N-ethyl adjacent to an activating group) is 1. The predicted molar refractivity (Wildman–Crippen MR) is 97.7 cm³/mol. The van der Waals surface area contributed by atoms with Crippen molar-refractivity contribution in [3.63, 3.8) is 0 Å². The summed E-state index contributed by atoms with van der Waals surface area (Å²) in [6.07, 6.45) is -6.66. The lowest BCUT2D eigenvalue weighted by atomic mass is 10.1. The lowest BCUT2D eigenvalue weighted by Crippen LogP contribution is -2.40. The largest absolute Gasteiger partial charge is 0.496 e. The number of methoxy groups -OCH3 is 1. The first kappa shape index (κ1) is 6.74. The van der Waals surface area contributed by atoms with E-state index in [0.717, 1.165) is 0 Å². The van der Waals surface area contributed by atoms with Crippen molar-refractivity contribution < 1.29 is 41.3 Å². The lowest BCUT2D eigenvalue weighted by molar-refractivity contribution is 0.0938. The van der Waals surface area contributed by atoms with Crippen molar-refractivity contribution in [2.45, 2.75) is 37.4 Å². The van der Waals surface area contributed by atoms with Gasteiger partial charge in [-0.25, -0.2) is 8.42 Å². The number of benzene rings is 1. The Bertz CT molecular complexity index is 1380. The fourth-order valence-corrected chi connectivity index (χ4v) is 2.62. The number of sulfone groups is 1. The summed E-state index contributed by atoms with van der Waals surface area (Å²) in [6.45, 7) is -7.41. The van der Waals surface area contributed by atoms with Crippen LogP contribution < -0.4 is 15.8 Å². The van der Waals surface area contributed by atoms with Gasteiger partial charge in [0, 0.05) is 35.1 Å². The smallest absolute Gasteiger partial charge is 0.255 e. The van der Waals surface area contributed by atoms with Crippen LogP contribution >= 0.6 is 0 Å². The summed E-state index contributed by atoms with van der Waals surface area (Å²) >= 11 is 0. The van der Waals surface area contributed by atoms with Crippen LogP contribution in [-0.2, 0) is 9.84 Å². The number of nitrogens with zero attached hydrogens (tertiary/aromatic N) is 1. The Kier molecular flexibility index (Phi) is 2.17. The first-order valence-corrected chi connectivity index (χ1v) is 8.30. The van der Waals surface area contributed by atoms with E-state index in [0.29, 0.717) is 4.90 Å². The average Bonchev–Trinajstić information content (AvgIpc) is 2.86. The molecule has 1 atom stereocenters. The van der Waals surface area contributed by atoms with Crippen molar-refractivity contribution in [1.29, 1.82) is 0 Å². The third kappa shape index (κ3) is 4.24. The van der Waals surface area contributed by atoms with Crippen LogP contribution in [0.1, 0.15) is 60.2 Å². The Balaban J connectivity index is 2.83. The van der Waals surface area contributed by atoms with Crippen LogP contribution in [-0.4, -0.2) is 57.6 Å². The Morgan fingerprint density at radius 3 is 3.16 bits per heavy atom. The zero-order valence-corrected chi connectivity index (χ0v) is 13.8. The molecule has 1 aliphatic rings. The van der Waals surface area contributed by atoms with Gasteiger partial charge in [0.2, 0.25) is 0 Å². The van der Waals surface area contributed by atoms with E-state index in [2.05, 4.69) is 4.74 Å². The Morgan fingerprint density at radius 2 is 2.48 bits per heavy atom. The highest BCUT2D eigenvalue weighted by molar-refractivity contribution is 7.91. The molecule has 3 N–H and O–H groups in total. The molecule has 8 heteroatoms. The number of nitrogen functional groups attached to an aromatic ring is 1. The Hall–Kier alpha value is -1.80. The normalized spacial score (nSPS) is 38.8.